The fourth-order valence-corrected chi connectivity index (χ4v) is 6.39. The van der Waals surface area contributed by atoms with E-state index in [1.165, 1.54) is 28.0 Å². The van der Waals surface area contributed by atoms with Crippen LogP contribution in [0.5, 0.6) is 5.75 Å². The summed E-state index contributed by atoms with van der Waals surface area (Å²) < 4.78 is 6.19. The standard InChI is InChI=1S/C29H24ClN3O4S2/c1-3-37-21-14-12-18(13-15-21)24-23(25(34)19-10-8-17(2)9-11-19)26(35)27(36)33(24)28-31-32-29(39-28)38-16-20-6-4-5-7-22(20)30/h4-15,24,34H,3,16H2,1-2H3/b25-23-. The molecule has 198 valence electrons. The molecule has 0 bridgehead atoms. The van der Waals surface area contributed by atoms with Crippen molar-refractivity contribution in [2.24, 2.45) is 0 Å². The molecule has 1 atom stereocenters. The number of anilines is 1. The van der Waals surface area contributed by atoms with Crippen LogP contribution in [-0.2, 0) is 15.3 Å². The van der Waals surface area contributed by atoms with Gasteiger partial charge in [-0.1, -0.05) is 94.9 Å². The van der Waals surface area contributed by atoms with Gasteiger partial charge in [0.05, 0.1) is 18.2 Å². The molecule has 4 aromatic rings. The molecule has 1 aromatic heterocycles. The van der Waals surface area contributed by atoms with Crippen LogP contribution in [0.15, 0.2) is 82.7 Å². The summed E-state index contributed by atoms with van der Waals surface area (Å²) in [5.41, 5.74) is 3.03. The number of carbonyl (C=O) groups is 2. The molecule has 7 nitrogen and oxygen atoms in total. The third kappa shape index (κ3) is 5.56. The van der Waals surface area contributed by atoms with Gasteiger partial charge in [-0.2, -0.15) is 0 Å². The average molecular weight is 578 g/mol. The Morgan fingerprint density at radius 1 is 1.05 bits per heavy atom. The van der Waals surface area contributed by atoms with Crippen LogP contribution >= 0.6 is 34.7 Å². The summed E-state index contributed by atoms with van der Waals surface area (Å²) in [7, 11) is 0. The predicted octanol–water partition coefficient (Wildman–Crippen LogP) is 6.82. The zero-order valence-electron chi connectivity index (χ0n) is 21.1. The maximum atomic E-state index is 13.4. The van der Waals surface area contributed by atoms with Gasteiger partial charge in [0.2, 0.25) is 5.13 Å². The third-order valence-corrected chi connectivity index (χ3v) is 8.66. The van der Waals surface area contributed by atoms with Crippen molar-refractivity contribution in [1.82, 2.24) is 10.2 Å². The minimum atomic E-state index is -0.892. The van der Waals surface area contributed by atoms with Gasteiger partial charge in [-0.05, 0) is 43.2 Å². The molecule has 5 rings (SSSR count). The van der Waals surface area contributed by atoms with Crippen molar-refractivity contribution >= 4 is 57.3 Å². The van der Waals surface area contributed by atoms with E-state index in [9.17, 15) is 14.7 Å². The lowest BCUT2D eigenvalue weighted by atomic mass is 9.95. The van der Waals surface area contributed by atoms with Crippen LogP contribution in [-0.4, -0.2) is 33.6 Å². The second-order valence-electron chi connectivity index (χ2n) is 8.77. The second-order valence-corrected chi connectivity index (χ2v) is 11.4. The summed E-state index contributed by atoms with van der Waals surface area (Å²) in [6.45, 7) is 4.32. The molecular weight excluding hydrogens is 554 g/mol. The number of hydrogen-bond donors (Lipinski definition) is 1. The summed E-state index contributed by atoms with van der Waals surface area (Å²) in [5.74, 6) is -0.574. The van der Waals surface area contributed by atoms with E-state index < -0.39 is 17.7 Å². The highest BCUT2D eigenvalue weighted by molar-refractivity contribution is 8.00. The van der Waals surface area contributed by atoms with E-state index in [0.29, 0.717) is 38.6 Å². The van der Waals surface area contributed by atoms with Crippen LogP contribution in [0.1, 0.15) is 35.2 Å². The molecule has 1 N–H and O–H groups in total. The van der Waals surface area contributed by atoms with E-state index in [2.05, 4.69) is 10.2 Å². The van der Waals surface area contributed by atoms with E-state index >= 15 is 0 Å². The van der Waals surface area contributed by atoms with Gasteiger partial charge in [0.25, 0.3) is 5.78 Å². The topological polar surface area (TPSA) is 92.6 Å². The number of thioether (sulfide) groups is 1. The van der Waals surface area contributed by atoms with Crippen LogP contribution in [0.25, 0.3) is 5.76 Å². The van der Waals surface area contributed by atoms with Crippen molar-refractivity contribution in [3.63, 3.8) is 0 Å². The van der Waals surface area contributed by atoms with Gasteiger partial charge in [0.15, 0.2) is 4.34 Å². The molecular formula is C29H24ClN3O4S2. The molecule has 0 radical (unpaired) electrons. The number of carbonyl (C=O) groups excluding carboxylic acids is 2. The first kappa shape index (κ1) is 26.9. The Bertz CT molecular complexity index is 1550. The second kappa shape index (κ2) is 11.6. The van der Waals surface area contributed by atoms with Crippen molar-refractivity contribution in [2.45, 2.75) is 30.0 Å². The van der Waals surface area contributed by atoms with E-state index in [0.717, 1.165) is 11.1 Å². The number of aromatic nitrogens is 2. The van der Waals surface area contributed by atoms with Gasteiger partial charge < -0.3 is 9.84 Å². The number of nitrogens with zero attached hydrogens (tertiary/aromatic N) is 3. The molecule has 39 heavy (non-hydrogen) atoms. The van der Waals surface area contributed by atoms with Crippen molar-refractivity contribution in [3.05, 3.63) is 106 Å². The Kier molecular flexibility index (Phi) is 8.02. The number of aliphatic hydroxyl groups excluding tert-OH is 1. The monoisotopic (exact) mass is 577 g/mol. The van der Waals surface area contributed by atoms with Gasteiger partial charge in [-0.15, -0.1) is 10.2 Å². The largest absolute Gasteiger partial charge is 0.507 e. The maximum Gasteiger partial charge on any atom is 0.301 e. The van der Waals surface area contributed by atoms with Crippen molar-refractivity contribution < 1.29 is 19.4 Å². The lowest BCUT2D eigenvalue weighted by molar-refractivity contribution is -0.132. The molecule has 1 aliphatic rings. The smallest absolute Gasteiger partial charge is 0.301 e. The first-order chi connectivity index (χ1) is 18.9. The molecule has 10 heteroatoms. The third-order valence-electron chi connectivity index (χ3n) is 6.19. The number of hydrogen-bond acceptors (Lipinski definition) is 8. The van der Waals surface area contributed by atoms with Crippen molar-refractivity contribution in [3.8, 4) is 5.75 Å². The summed E-state index contributed by atoms with van der Waals surface area (Å²) in [6.07, 6.45) is 0. The minimum absolute atomic E-state index is 0.00603. The number of aryl methyl sites for hydroxylation is 1. The number of aliphatic hydroxyl groups is 1. The van der Waals surface area contributed by atoms with Gasteiger partial charge in [-0.25, -0.2) is 0 Å². The molecule has 0 saturated carbocycles. The minimum Gasteiger partial charge on any atom is -0.507 e. The Morgan fingerprint density at radius 2 is 1.77 bits per heavy atom. The molecule has 1 aliphatic heterocycles. The Morgan fingerprint density at radius 3 is 2.46 bits per heavy atom. The molecule has 2 heterocycles. The Labute approximate surface area is 239 Å². The van der Waals surface area contributed by atoms with Gasteiger partial charge in [0.1, 0.15) is 11.5 Å². The molecule has 1 amide bonds. The van der Waals surface area contributed by atoms with E-state index in [4.69, 9.17) is 16.3 Å². The number of benzene rings is 3. The highest BCUT2D eigenvalue weighted by Crippen LogP contribution is 2.44. The lowest BCUT2D eigenvalue weighted by Crippen LogP contribution is -2.29. The highest BCUT2D eigenvalue weighted by Gasteiger charge is 2.48. The van der Waals surface area contributed by atoms with Crippen LogP contribution in [0.3, 0.4) is 0 Å². The first-order valence-electron chi connectivity index (χ1n) is 12.2. The van der Waals surface area contributed by atoms with E-state index in [-0.39, 0.29) is 16.5 Å². The first-order valence-corrected chi connectivity index (χ1v) is 14.4. The number of ether oxygens (including phenoxy) is 1. The SMILES string of the molecule is CCOc1ccc(C2/C(=C(/O)c3ccc(C)cc3)C(=O)C(=O)N2c2nnc(SCc3ccccc3Cl)s2)cc1. The van der Waals surface area contributed by atoms with Crippen LogP contribution in [0, 0.1) is 6.92 Å². The number of halogens is 1. The molecule has 3 aromatic carbocycles. The van der Waals surface area contributed by atoms with Crippen LogP contribution < -0.4 is 9.64 Å². The molecule has 1 unspecified atom stereocenters. The number of ketones is 1. The Balaban J connectivity index is 1.54. The fourth-order valence-electron chi connectivity index (χ4n) is 4.24. The highest BCUT2D eigenvalue weighted by atomic mass is 35.5. The van der Waals surface area contributed by atoms with Crippen molar-refractivity contribution in [2.75, 3.05) is 11.5 Å². The number of Topliss-reactive ketones (excluding diaryl/α,β-unsaturated/α-hetero) is 1. The Hall–Kier alpha value is -3.66. The molecule has 1 fully saturated rings. The maximum absolute atomic E-state index is 13.4. The fraction of sp³-hybridized carbons (Fsp3) is 0.172. The van der Waals surface area contributed by atoms with E-state index in [1.807, 2.05) is 50.2 Å². The quantitative estimate of drug-likeness (QED) is 0.0807. The number of rotatable bonds is 8. The normalized spacial score (nSPS) is 16.6. The zero-order chi connectivity index (χ0) is 27.5. The van der Waals surface area contributed by atoms with Gasteiger partial charge in [-0.3, -0.25) is 14.5 Å². The average Bonchev–Trinajstić information content (AvgIpc) is 3.51. The van der Waals surface area contributed by atoms with Crippen LogP contribution in [0.2, 0.25) is 5.02 Å². The number of amides is 1. The zero-order valence-corrected chi connectivity index (χ0v) is 23.5. The molecule has 1 saturated heterocycles. The lowest BCUT2D eigenvalue weighted by Gasteiger charge is -2.22. The summed E-state index contributed by atoms with van der Waals surface area (Å²) in [4.78, 5) is 28.1. The van der Waals surface area contributed by atoms with Crippen molar-refractivity contribution in [1.29, 1.82) is 0 Å². The van der Waals surface area contributed by atoms with E-state index in [1.54, 1.807) is 36.4 Å². The summed E-state index contributed by atoms with van der Waals surface area (Å²) >= 11 is 8.93. The molecule has 0 spiro atoms. The summed E-state index contributed by atoms with van der Waals surface area (Å²) in [6, 6.07) is 20.9. The van der Waals surface area contributed by atoms with Gasteiger partial charge in [0, 0.05) is 16.3 Å². The van der Waals surface area contributed by atoms with Gasteiger partial charge >= 0.3 is 5.91 Å². The predicted molar refractivity (Wildman–Crippen MR) is 154 cm³/mol. The molecule has 0 aliphatic carbocycles. The summed E-state index contributed by atoms with van der Waals surface area (Å²) in [5, 5.41) is 20.7. The van der Waals surface area contributed by atoms with Crippen LogP contribution in [0.4, 0.5) is 5.13 Å².